The fraction of sp³-hybridized carbons (Fsp3) is 0.500. The first-order valence-corrected chi connectivity index (χ1v) is 6.19. The number of hydrogen-bond acceptors (Lipinski definition) is 2. The molecule has 0 spiro atoms. The van der Waals surface area contributed by atoms with E-state index in [0.717, 1.165) is 19.5 Å². The van der Waals surface area contributed by atoms with Crippen molar-refractivity contribution < 1.29 is 4.39 Å². The monoisotopic (exact) mass is 232 g/mol. The second-order valence-electron chi connectivity index (χ2n) is 4.67. The van der Waals surface area contributed by atoms with Gasteiger partial charge in [-0.25, -0.2) is 4.39 Å². The second kappa shape index (κ2) is 5.18. The minimum absolute atomic E-state index is 0.277. The lowest BCUT2D eigenvalue weighted by molar-refractivity contribution is 0.529. The quantitative estimate of drug-likeness (QED) is 0.799. The number of hydrogen-bond donors (Lipinski definition) is 0. The van der Waals surface area contributed by atoms with Crippen LogP contribution in [0.3, 0.4) is 0 Å². The van der Waals surface area contributed by atoms with E-state index >= 15 is 0 Å². The van der Waals surface area contributed by atoms with E-state index in [4.69, 9.17) is 5.26 Å². The molecule has 90 valence electrons. The Morgan fingerprint density at radius 3 is 3.00 bits per heavy atom. The first kappa shape index (κ1) is 11.9. The van der Waals surface area contributed by atoms with Gasteiger partial charge in [0.15, 0.2) is 0 Å². The molecule has 0 saturated carbocycles. The third-order valence-electron chi connectivity index (χ3n) is 3.40. The van der Waals surface area contributed by atoms with Gasteiger partial charge in [-0.05, 0) is 37.0 Å². The summed E-state index contributed by atoms with van der Waals surface area (Å²) in [6.07, 6.45) is 3.55. The van der Waals surface area contributed by atoms with Crippen LogP contribution in [0.5, 0.6) is 0 Å². The van der Waals surface area contributed by atoms with Crippen LogP contribution in [0.4, 0.5) is 10.1 Å². The highest BCUT2D eigenvalue weighted by molar-refractivity contribution is 5.51. The van der Waals surface area contributed by atoms with Crippen molar-refractivity contribution >= 4 is 5.69 Å². The molecule has 0 N–H and O–H groups in total. The molecule has 2 nitrogen and oxygen atoms in total. The van der Waals surface area contributed by atoms with Crippen molar-refractivity contribution in [1.82, 2.24) is 0 Å². The summed E-state index contributed by atoms with van der Waals surface area (Å²) < 4.78 is 13.8. The van der Waals surface area contributed by atoms with Gasteiger partial charge in [-0.3, -0.25) is 0 Å². The number of nitriles is 1. The average Bonchev–Trinajstić information content (AvgIpc) is 2.78. The number of rotatable bonds is 3. The Balaban J connectivity index is 2.11. The van der Waals surface area contributed by atoms with Gasteiger partial charge in [0.1, 0.15) is 5.82 Å². The van der Waals surface area contributed by atoms with Crippen LogP contribution in [-0.4, -0.2) is 13.1 Å². The third-order valence-corrected chi connectivity index (χ3v) is 3.40. The standard InChI is InChI=1S/C14H17FN2/c1-2-3-11-6-7-17(10-11)14-5-4-12(9-16)8-13(14)15/h4-5,8,11H,2-3,6-7,10H2,1H3. The van der Waals surface area contributed by atoms with Crippen LogP contribution in [0.25, 0.3) is 0 Å². The molecule has 0 aromatic heterocycles. The van der Waals surface area contributed by atoms with E-state index in [2.05, 4.69) is 11.8 Å². The van der Waals surface area contributed by atoms with Crippen LogP contribution in [0.1, 0.15) is 31.7 Å². The minimum atomic E-state index is -0.277. The smallest absolute Gasteiger partial charge is 0.147 e. The largest absolute Gasteiger partial charge is 0.369 e. The van der Waals surface area contributed by atoms with Crippen LogP contribution >= 0.6 is 0 Å². The summed E-state index contributed by atoms with van der Waals surface area (Å²) in [4.78, 5) is 2.09. The van der Waals surface area contributed by atoms with Gasteiger partial charge in [-0.2, -0.15) is 5.26 Å². The van der Waals surface area contributed by atoms with Gasteiger partial charge >= 0.3 is 0 Å². The summed E-state index contributed by atoms with van der Waals surface area (Å²) in [6, 6.07) is 6.69. The Morgan fingerprint density at radius 1 is 1.53 bits per heavy atom. The van der Waals surface area contributed by atoms with Crippen LogP contribution < -0.4 is 4.90 Å². The molecule has 17 heavy (non-hydrogen) atoms. The number of benzene rings is 1. The average molecular weight is 232 g/mol. The predicted molar refractivity (Wildman–Crippen MR) is 66.3 cm³/mol. The third kappa shape index (κ3) is 2.58. The summed E-state index contributed by atoms with van der Waals surface area (Å²) in [7, 11) is 0. The molecule has 1 aliphatic heterocycles. The molecule has 0 aliphatic carbocycles. The first-order chi connectivity index (χ1) is 8.24. The highest BCUT2D eigenvalue weighted by Gasteiger charge is 2.23. The summed E-state index contributed by atoms with van der Waals surface area (Å²) in [6.45, 7) is 4.05. The lowest BCUT2D eigenvalue weighted by atomic mass is 10.0. The van der Waals surface area contributed by atoms with Crippen LogP contribution in [-0.2, 0) is 0 Å². The van der Waals surface area contributed by atoms with E-state index in [1.165, 1.54) is 18.9 Å². The Hall–Kier alpha value is -1.56. The lowest BCUT2D eigenvalue weighted by Crippen LogP contribution is -2.20. The molecule has 0 amide bonds. The fourth-order valence-corrected chi connectivity index (χ4v) is 2.53. The minimum Gasteiger partial charge on any atom is -0.369 e. The van der Waals surface area contributed by atoms with Crippen LogP contribution in [0.15, 0.2) is 18.2 Å². The van der Waals surface area contributed by atoms with E-state index in [0.29, 0.717) is 17.2 Å². The van der Waals surface area contributed by atoms with E-state index in [-0.39, 0.29) is 5.82 Å². The van der Waals surface area contributed by atoms with E-state index in [9.17, 15) is 4.39 Å². The van der Waals surface area contributed by atoms with Gasteiger partial charge in [0.25, 0.3) is 0 Å². The van der Waals surface area contributed by atoms with Gasteiger partial charge in [-0.15, -0.1) is 0 Å². The molecule has 1 fully saturated rings. The predicted octanol–water partition coefficient (Wildman–Crippen LogP) is 3.32. The van der Waals surface area contributed by atoms with Crippen molar-refractivity contribution in [3.8, 4) is 6.07 Å². The molecule has 1 heterocycles. The summed E-state index contributed by atoms with van der Waals surface area (Å²) in [5.41, 5.74) is 1.03. The van der Waals surface area contributed by atoms with Gasteiger partial charge in [0.05, 0.1) is 17.3 Å². The second-order valence-corrected chi connectivity index (χ2v) is 4.67. The number of anilines is 1. The van der Waals surface area contributed by atoms with E-state index < -0.39 is 0 Å². The maximum absolute atomic E-state index is 13.8. The Kier molecular flexibility index (Phi) is 3.63. The summed E-state index contributed by atoms with van der Waals surface area (Å²) in [5, 5.41) is 8.70. The Morgan fingerprint density at radius 2 is 2.35 bits per heavy atom. The van der Waals surface area contributed by atoms with Crippen molar-refractivity contribution in [3.05, 3.63) is 29.6 Å². The molecule has 1 aromatic rings. The van der Waals surface area contributed by atoms with E-state index in [1.807, 2.05) is 6.07 Å². The van der Waals surface area contributed by atoms with Crippen LogP contribution in [0, 0.1) is 23.1 Å². The molecule has 0 bridgehead atoms. The number of halogens is 1. The summed E-state index contributed by atoms with van der Waals surface area (Å²) >= 11 is 0. The number of nitrogens with zero attached hydrogens (tertiary/aromatic N) is 2. The molecular weight excluding hydrogens is 215 g/mol. The molecule has 1 aromatic carbocycles. The SMILES string of the molecule is CCCC1CCN(c2ccc(C#N)cc2F)C1. The topological polar surface area (TPSA) is 27.0 Å². The van der Waals surface area contributed by atoms with Crippen molar-refractivity contribution in [2.75, 3.05) is 18.0 Å². The van der Waals surface area contributed by atoms with Gasteiger partial charge in [-0.1, -0.05) is 13.3 Å². The maximum atomic E-state index is 13.8. The van der Waals surface area contributed by atoms with Crippen molar-refractivity contribution in [2.24, 2.45) is 5.92 Å². The molecule has 1 saturated heterocycles. The Bertz CT molecular complexity index is 436. The molecule has 3 heteroatoms. The molecule has 0 radical (unpaired) electrons. The lowest BCUT2D eigenvalue weighted by Gasteiger charge is -2.19. The molecule has 1 unspecified atom stereocenters. The zero-order valence-corrected chi connectivity index (χ0v) is 10.1. The maximum Gasteiger partial charge on any atom is 0.147 e. The molecule has 1 atom stereocenters. The molecule has 2 rings (SSSR count). The van der Waals surface area contributed by atoms with Gasteiger partial charge < -0.3 is 4.90 Å². The normalized spacial score (nSPS) is 19.4. The van der Waals surface area contributed by atoms with Crippen molar-refractivity contribution in [2.45, 2.75) is 26.2 Å². The van der Waals surface area contributed by atoms with Gasteiger partial charge in [0.2, 0.25) is 0 Å². The Labute approximate surface area is 102 Å². The fourth-order valence-electron chi connectivity index (χ4n) is 2.53. The van der Waals surface area contributed by atoms with Crippen molar-refractivity contribution in [3.63, 3.8) is 0 Å². The molecular formula is C14H17FN2. The zero-order chi connectivity index (χ0) is 12.3. The first-order valence-electron chi connectivity index (χ1n) is 6.19. The summed E-state index contributed by atoms with van der Waals surface area (Å²) in [5.74, 6) is 0.413. The van der Waals surface area contributed by atoms with Crippen LogP contribution in [0.2, 0.25) is 0 Å². The van der Waals surface area contributed by atoms with E-state index in [1.54, 1.807) is 12.1 Å². The van der Waals surface area contributed by atoms with Gasteiger partial charge in [0, 0.05) is 13.1 Å². The van der Waals surface area contributed by atoms with Crippen molar-refractivity contribution in [1.29, 1.82) is 5.26 Å². The zero-order valence-electron chi connectivity index (χ0n) is 10.1. The highest BCUT2D eigenvalue weighted by Crippen LogP contribution is 2.28. The molecule has 1 aliphatic rings. The highest BCUT2D eigenvalue weighted by atomic mass is 19.1.